The Morgan fingerprint density at radius 3 is 2.69 bits per heavy atom. The van der Waals surface area contributed by atoms with E-state index in [0.29, 0.717) is 11.0 Å². The van der Waals surface area contributed by atoms with Gasteiger partial charge in [0.1, 0.15) is 0 Å². The topological polar surface area (TPSA) is 54.0 Å². The molecule has 29 heavy (non-hydrogen) atoms. The minimum Gasteiger partial charge on any atom is -0.399 e. The van der Waals surface area contributed by atoms with E-state index in [0.717, 1.165) is 56.4 Å². The van der Waals surface area contributed by atoms with Crippen LogP contribution in [0.5, 0.6) is 5.06 Å². The van der Waals surface area contributed by atoms with Crippen molar-refractivity contribution in [1.82, 2.24) is 10.2 Å². The molecule has 1 N–H and O–H groups in total. The first-order chi connectivity index (χ1) is 14.2. The van der Waals surface area contributed by atoms with Crippen molar-refractivity contribution in [3.8, 4) is 15.5 Å². The lowest BCUT2D eigenvalue weighted by Gasteiger charge is -2.44. The molecule has 4 aliphatic rings. The number of amides is 1. The van der Waals surface area contributed by atoms with Gasteiger partial charge in [0.2, 0.25) is 0 Å². The lowest BCUT2D eigenvalue weighted by Crippen LogP contribution is -2.57. The molecule has 4 aliphatic heterocycles. The van der Waals surface area contributed by atoms with Gasteiger partial charge in [-0.1, -0.05) is 23.5 Å². The van der Waals surface area contributed by atoms with Gasteiger partial charge in [0.15, 0.2) is 5.06 Å². The lowest BCUT2D eigenvalue weighted by atomic mass is 9.84. The second kappa shape index (κ2) is 8.34. The van der Waals surface area contributed by atoms with E-state index in [1.165, 1.54) is 29.9 Å². The lowest BCUT2D eigenvalue weighted by molar-refractivity contribution is 0.0726. The largest absolute Gasteiger partial charge is 0.413 e. The third-order valence-electron chi connectivity index (χ3n) is 6.24. The van der Waals surface area contributed by atoms with E-state index in [2.05, 4.69) is 39.4 Å². The predicted molar refractivity (Wildman–Crippen MR) is 115 cm³/mol. The average Bonchev–Trinajstić information content (AvgIpc) is 3.24. The van der Waals surface area contributed by atoms with Crippen LogP contribution < -0.4 is 15.0 Å². The monoisotopic (exact) mass is 413 g/mol. The molecule has 1 aromatic carbocycles. The van der Waals surface area contributed by atoms with Gasteiger partial charge in [-0.2, -0.15) is 0 Å². The van der Waals surface area contributed by atoms with Crippen molar-refractivity contribution in [2.75, 3.05) is 50.8 Å². The van der Waals surface area contributed by atoms with Gasteiger partial charge in [-0.25, -0.2) is 4.79 Å². The Morgan fingerprint density at radius 1 is 1.10 bits per heavy atom. The second-order valence-corrected chi connectivity index (χ2v) is 9.09. The Bertz CT molecular complexity index is 856. The zero-order chi connectivity index (χ0) is 19.6. The summed E-state index contributed by atoms with van der Waals surface area (Å²) in [6, 6.07) is 12.7. The highest BCUT2D eigenvalue weighted by atomic mass is 32.1. The van der Waals surface area contributed by atoms with Gasteiger partial charge >= 0.3 is 6.09 Å². The van der Waals surface area contributed by atoms with Crippen molar-refractivity contribution in [1.29, 1.82) is 0 Å². The number of morpholine rings is 1. The van der Waals surface area contributed by atoms with Gasteiger partial charge in [0, 0.05) is 36.2 Å². The van der Waals surface area contributed by atoms with E-state index >= 15 is 0 Å². The highest BCUT2D eigenvalue weighted by Crippen LogP contribution is 2.35. The van der Waals surface area contributed by atoms with Crippen LogP contribution in [0.3, 0.4) is 0 Å². The number of nitrogens with zero attached hydrogens (tertiary/aromatic N) is 2. The van der Waals surface area contributed by atoms with Gasteiger partial charge in [-0.05, 0) is 61.7 Å². The number of hydrogen-bond acceptors (Lipinski definition) is 6. The fourth-order valence-electron chi connectivity index (χ4n) is 4.61. The van der Waals surface area contributed by atoms with Crippen molar-refractivity contribution >= 4 is 23.1 Å². The normalized spacial score (nSPS) is 26.3. The number of thiophene rings is 1. The molecule has 4 fully saturated rings. The summed E-state index contributed by atoms with van der Waals surface area (Å²) in [5, 5.41) is 3.72. The first-order valence-corrected chi connectivity index (χ1v) is 11.3. The van der Waals surface area contributed by atoms with Crippen LogP contribution >= 0.6 is 11.3 Å². The molecule has 0 radical (unpaired) electrons. The summed E-state index contributed by atoms with van der Waals surface area (Å²) in [4.78, 5) is 18.3. The van der Waals surface area contributed by atoms with Crippen molar-refractivity contribution in [2.45, 2.75) is 18.9 Å². The number of carbonyl (C=O) groups is 1. The number of carbonyl (C=O) groups excluding carboxylic acids is 1. The second-order valence-electron chi connectivity index (χ2n) is 8.05. The number of hydrogen-bond donors (Lipinski definition) is 1. The Balaban J connectivity index is 1.22. The SMILES string of the molecule is O=C(N[C@H]1CN2CCC1CC2)Oc1ccc(-c2cccc(N3CCOCC3)c2)s1. The number of ether oxygens (including phenoxy) is 2. The first-order valence-electron chi connectivity index (χ1n) is 10.5. The van der Waals surface area contributed by atoms with E-state index in [9.17, 15) is 4.79 Å². The Kier molecular flexibility index (Phi) is 5.44. The number of benzene rings is 1. The summed E-state index contributed by atoms with van der Waals surface area (Å²) in [5.74, 6) is 0.592. The molecule has 1 amide bonds. The van der Waals surface area contributed by atoms with E-state index in [4.69, 9.17) is 9.47 Å². The van der Waals surface area contributed by atoms with Gasteiger partial charge in [-0.3, -0.25) is 0 Å². The standard InChI is InChI=1S/C22H27N3O3S/c26-22(23-19-15-24-8-6-16(19)7-9-24)28-21-5-4-20(29-21)17-2-1-3-18(14-17)25-10-12-27-13-11-25/h1-5,14,16,19H,6-13,15H2,(H,23,26)/t19-/m0/s1. The molecule has 2 bridgehead atoms. The van der Waals surface area contributed by atoms with E-state index < -0.39 is 0 Å². The molecule has 6 rings (SSSR count). The molecule has 6 nitrogen and oxygen atoms in total. The van der Waals surface area contributed by atoms with E-state index in [1.807, 2.05) is 12.1 Å². The first kappa shape index (κ1) is 18.9. The summed E-state index contributed by atoms with van der Waals surface area (Å²) in [6.07, 6.45) is 2.01. The van der Waals surface area contributed by atoms with Crippen LogP contribution in [-0.4, -0.2) is 63.0 Å². The molecular formula is C22H27N3O3S. The zero-order valence-corrected chi connectivity index (χ0v) is 17.3. The van der Waals surface area contributed by atoms with Crippen LogP contribution in [0.2, 0.25) is 0 Å². The predicted octanol–water partition coefficient (Wildman–Crippen LogP) is 3.43. The average molecular weight is 414 g/mol. The molecule has 7 heteroatoms. The fraction of sp³-hybridized carbons (Fsp3) is 0.500. The molecule has 0 aliphatic carbocycles. The molecule has 5 heterocycles. The van der Waals surface area contributed by atoms with E-state index in [-0.39, 0.29) is 12.1 Å². The van der Waals surface area contributed by atoms with Crippen LogP contribution in [0.4, 0.5) is 10.5 Å². The molecule has 2 aromatic rings. The highest BCUT2D eigenvalue weighted by molar-refractivity contribution is 7.17. The molecule has 4 saturated heterocycles. The molecule has 1 aromatic heterocycles. The third-order valence-corrected chi connectivity index (χ3v) is 7.25. The smallest absolute Gasteiger partial charge is 0.399 e. The molecule has 0 spiro atoms. The van der Waals surface area contributed by atoms with Crippen molar-refractivity contribution in [3.05, 3.63) is 36.4 Å². The van der Waals surface area contributed by atoms with Crippen LogP contribution in [0.25, 0.3) is 10.4 Å². The minimum absolute atomic E-state index is 0.217. The fourth-order valence-corrected chi connectivity index (χ4v) is 5.46. The molecule has 1 atom stereocenters. The molecule has 0 unspecified atom stereocenters. The van der Waals surface area contributed by atoms with Crippen LogP contribution in [-0.2, 0) is 4.74 Å². The number of piperidine rings is 3. The maximum Gasteiger partial charge on any atom is 0.413 e. The van der Waals surface area contributed by atoms with Crippen LogP contribution in [0.1, 0.15) is 12.8 Å². The minimum atomic E-state index is -0.334. The summed E-state index contributed by atoms with van der Waals surface area (Å²) >= 11 is 1.51. The van der Waals surface area contributed by atoms with Crippen LogP contribution in [0.15, 0.2) is 36.4 Å². The molecule has 154 valence electrons. The number of nitrogens with one attached hydrogen (secondary N) is 1. The van der Waals surface area contributed by atoms with Gasteiger partial charge in [0.25, 0.3) is 0 Å². The van der Waals surface area contributed by atoms with Gasteiger partial charge in [0.05, 0.1) is 13.2 Å². The third kappa shape index (κ3) is 4.27. The zero-order valence-electron chi connectivity index (χ0n) is 16.5. The molecule has 0 saturated carbocycles. The quantitative estimate of drug-likeness (QED) is 0.832. The summed E-state index contributed by atoms with van der Waals surface area (Å²) < 4.78 is 11.0. The number of anilines is 1. The van der Waals surface area contributed by atoms with Crippen molar-refractivity contribution in [3.63, 3.8) is 0 Å². The highest BCUT2D eigenvalue weighted by Gasteiger charge is 2.35. The summed E-state index contributed by atoms with van der Waals surface area (Å²) in [5.41, 5.74) is 2.36. The maximum atomic E-state index is 12.4. The van der Waals surface area contributed by atoms with Crippen molar-refractivity contribution < 1.29 is 14.3 Å². The van der Waals surface area contributed by atoms with Crippen LogP contribution in [0, 0.1) is 5.92 Å². The Labute approximate surface area is 175 Å². The number of rotatable bonds is 4. The maximum absolute atomic E-state index is 12.4. The van der Waals surface area contributed by atoms with Gasteiger partial charge < -0.3 is 24.6 Å². The molecular weight excluding hydrogens is 386 g/mol. The van der Waals surface area contributed by atoms with E-state index in [1.54, 1.807) is 0 Å². The summed E-state index contributed by atoms with van der Waals surface area (Å²) in [7, 11) is 0. The van der Waals surface area contributed by atoms with Gasteiger partial charge in [-0.15, -0.1) is 0 Å². The summed E-state index contributed by atoms with van der Waals surface area (Å²) in [6.45, 7) is 6.66. The van der Waals surface area contributed by atoms with Crippen molar-refractivity contribution in [2.24, 2.45) is 5.92 Å². The number of fused-ring (bicyclic) bond motifs is 3. The Morgan fingerprint density at radius 2 is 1.93 bits per heavy atom. The Hall–Kier alpha value is -2.09.